The highest BCUT2D eigenvalue weighted by molar-refractivity contribution is 5.90. The molecular formula is C14H19N5O2. The van der Waals surface area contributed by atoms with Gasteiger partial charge in [-0.25, -0.2) is 4.98 Å². The van der Waals surface area contributed by atoms with Gasteiger partial charge in [0, 0.05) is 24.0 Å². The second-order valence-corrected chi connectivity index (χ2v) is 5.78. The van der Waals surface area contributed by atoms with Gasteiger partial charge in [0.05, 0.1) is 5.69 Å². The van der Waals surface area contributed by atoms with Crippen LogP contribution < -0.4 is 5.32 Å². The van der Waals surface area contributed by atoms with Crippen molar-refractivity contribution in [3.8, 4) is 0 Å². The fourth-order valence-corrected chi connectivity index (χ4v) is 2.56. The first-order valence-corrected chi connectivity index (χ1v) is 7.21. The minimum atomic E-state index is -0.0924. The van der Waals surface area contributed by atoms with Crippen LogP contribution in [-0.4, -0.2) is 26.0 Å². The first-order valence-electron chi connectivity index (χ1n) is 7.21. The number of amides is 1. The fourth-order valence-electron chi connectivity index (χ4n) is 2.56. The number of carbonyl (C=O) groups excluding carboxylic acids is 1. The van der Waals surface area contributed by atoms with Crippen LogP contribution in [-0.2, 0) is 17.6 Å². The smallest absolute Gasteiger partial charge is 0.328 e. The Hall–Kier alpha value is -2.18. The Bertz CT molecular complexity index is 658. The van der Waals surface area contributed by atoms with E-state index in [2.05, 4.69) is 39.3 Å². The number of nitrogens with zero attached hydrogens (tertiary/aromatic N) is 3. The van der Waals surface area contributed by atoms with Crippen LogP contribution in [0.25, 0.3) is 0 Å². The van der Waals surface area contributed by atoms with E-state index in [0.29, 0.717) is 18.2 Å². The van der Waals surface area contributed by atoms with E-state index in [4.69, 9.17) is 4.52 Å². The third kappa shape index (κ3) is 2.81. The first kappa shape index (κ1) is 13.8. The van der Waals surface area contributed by atoms with Crippen LogP contribution in [0.5, 0.6) is 0 Å². The Morgan fingerprint density at radius 1 is 1.43 bits per heavy atom. The molecule has 0 aromatic carbocycles. The molecule has 1 amide bonds. The number of aryl methyl sites for hydroxylation is 2. The molecular weight excluding hydrogens is 270 g/mol. The molecule has 2 N–H and O–H groups in total. The Balaban J connectivity index is 1.69. The van der Waals surface area contributed by atoms with Gasteiger partial charge in [0.1, 0.15) is 5.82 Å². The van der Waals surface area contributed by atoms with Gasteiger partial charge in [-0.2, -0.15) is 4.98 Å². The van der Waals surface area contributed by atoms with E-state index in [1.165, 1.54) is 0 Å². The second kappa shape index (κ2) is 5.31. The van der Waals surface area contributed by atoms with E-state index in [1.54, 1.807) is 6.92 Å². The molecule has 0 fully saturated rings. The van der Waals surface area contributed by atoms with Crippen LogP contribution in [0, 0.1) is 12.8 Å². The van der Waals surface area contributed by atoms with Crippen LogP contribution in [0.15, 0.2) is 4.52 Å². The van der Waals surface area contributed by atoms with Crippen molar-refractivity contribution in [2.45, 2.75) is 46.0 Å². The molecule has 0 saturated heterocycles. The number of anilines is 1. The average Bonchev–Trinajstić information content (AvgIpc) is 3.03. The Morgan fingerprint density at radius 2 is 2.24 bits per heavy atom. The van der Waals surface area contributed by atoms with Gasteiger partial charge < -0.3 is 9.51 Å². The number of fused-ring (bicyclic) bond motifs is 1. The summed E-state index contributed by atoms with van der Waals surface area (Å²) in [5.41, 5.74) is 2.17. The SMILES string of the molecule is Cc1noc(NC(=O)[C@@H]2CCc3nc(C(C)C)[nH]c3C2)n1. The number of nitrogens with one attached hydrogen (secondary N) is 2. The highest BCUT2D eigenvalue weighted by Crippen LogP contribution is 2.26. The Labute approximate surface area is 122 Å². The summed E-state index contributed by atoms with van der Waals surface area (Å²) >= 11 is 0. The molecule has 7 nitrogen and oxygen atoms in total. The molecule has 112 valence electrons. The number of aromatic amines is 1. The maximum Gasteiger partial charge on any atom is 0.328 e. The normalized spacial score (nSPS) is 17.8. The lowest BCUT2D eigenvalue weighted by Crippen LogP contribution is -2.28. The summed E-state index contributed by atoms with van der Waals surface area (Å²) in [6.07, 6.45) is 2.28. The van der Waals surface area contributed by atoms with Crippen molar-refractivity contribution in [3.63, 3.8) is 0 Å². The lowest BCUT2D eigenvalue weighted by molar-refractivity contribution is -0.120. The van der Waals surface area contributed by atoms with E-state index < -0.39 is 0 Å². The molecule has 0 radical (unpaired) electrons. The average molecular weight is 289 g/mol. The first-order chi connectivity index (χ1) is 10.0. The molecule has 0 aliphatic heterocycles. The lowest BCUT2D eigenvalue weighted by atomic mass is 9.89. The summed E-state index contributed by atoms with van der Waals surface area (Å²) in [4.78, 5) is 24.2. The third-order valence-corrected chi connectivity index (χ3v) is 3.74. The lowest BCUT2D eigenvalue weighted by Gasteiger charge is -2.19. The van der Waals surface area contributed by atoms with E-state index in [1.807, 2.05) is 0 Å². The van der Waals surface area contributed by atoms with E-state index >= 15 is 0 Å². The zero-order valence-corrected chi connectivity index (χ0v) is 12.4. The fraction of sp³-hybridized carbons (Fsp3) is 0.571. The van der Waals surface area contributed by atoms with E-state index in [9.17, 15) is 4.79 Å². The van der Waals surface area contributed by atoms with E-state index in [-0.39, 0.29) is 17.8 Å². The van der Waals surface area contributed by atoms with Gasteiger partial charge in [-0.15, -0.1) is 0 Å². The minimum absolute atomic E-state index is 0.0787. The van der Waals surface area contributed by atoms with Crippen molar-refractivity contribution in [1.29, 1.82) is 0 Å². The maximum absolute atomic E-state index is 12.3. The van der Waals surface area contributed by atoms with Crippen molar-refractivity contribution in [2.75, 3.05) is 5.32 Å². The van der Waals surface area contributed by atoms with Crippen molar-refractivity contribution >= 4 is 11.9 Å². The molecule has 0 unspecified atom stereocenters. The van der Waals surface area contributed by atoms with Gasteiger partial charge in [0.2, 0.25) is 5.91 Å². The van der Waals surface area contributed by atoms with Crippen LogP contribution in [0.4, 0.5) is 6.01 Å². The van der Waals surface area contributed by atoms with Crippen molar-refractivity contribution in [3.05, 3.63) is 23.0 Å². The highest BCUT2D eigenvalue weighted by atomic mass is 16.5. The van der Waals surface area contributed by atoms with Gasteiger partial charge >= 0.3 is 6.01 Å². The monoisotopic (exact) mass is 289 g/mol. The highest BCUT2D eigenvalue weighted by Gasteiger charge is 2.28. The minimum Gasteiger partial charge on any atom is -0.345 e. The number of carbonyl (C=O) groups is 1. The molecule has 21 heavy (non-hydrogen) atoms. The predicted octanol–water partition coefficient (Wildman–Crippen LogP) is 1.97. The quantitative estimate of drug-likeness (QED) is 0.900. The number of H-pyrrole nitrogens is 1. The molecule has 1 aliphatic carbocycles. The Morgan fingerprint density at radius 3 is 2.90 bits per heavy atom. The summed E-state index contributed by atoms with van der Waals surface area (Å²) in [7, 11) is 0. The molecule has 0 bridgehead atoms. The van der Waals surface area contributed by atoms with Crippen molar-refractivity contribution < 1.29 is 9.32 Å². The van der Waals surface area contributed by atoms with Crippen molar-refractivity contribution in [2.24, 2.45) is 5.92 Å². The predicted molar refractivity (Wildman–Crippen MR) is 75.9 cm³/mol. The number of rotatable bonds is 3. The van der Waals surface area contributed by atoms with Crippen LogP contribution >= 0.6 is 0 Å². The van der Waals surface area contributed by atoms with Gasteiger partial charge in [0.25, 0.3) is 0 Å². The van der Waals surface area contributed by atoms with Gasteiger partial charge in [-0.3, -0.25) is 10.1 Å². The summed E-state index contributed by atoms with van der Waals surface area (Å²) in [5, 5.41) is 6.34. The van der Waals surface area contributed by atoms with Crippen LogP contribution in [0.3, 0.4) is 0 Å². The third-order valence-electron chi connectivity index (χ3n) is 3.74. The summed E-state index contributed by atoms with van der Waals surface area (Å²) in [5.74, 6) is 1.69. The standard InChI is InChI=1S/C14H19N5O2/c1-7(2)12-16-10-5-4-9(6-11(10)17-12)13(20)18-14-15-8(3)19-21-14/h7,9H,4-6H2,1-3H3,(H,16,17)(H,15,18,19,20)/t9-/m1/s1. The van der Waals surface area contributed by atoms with Gasteiger partial charge in [-0.1, -0.05) is 19.0 Å². The second-order valence-electron chi connectivity index (χ2n) is 5.78. The van der Waals surface area contributed by atoms with Gasteiger partial charge in [0.15, 0.2) is 5.82 Å². The van der Waals surface area contributed by atoms with Crippen molar-refractivity contribution in [1.82, 2.24) is 20.1 Å². The molecule has 3 rings (SSSR count). The molecule has 0 saturated carbocycles. The summed E-state index contributed by atoms with van der Waals surface area (Å²) in [6.45, 7) is 5.92. The topological polar surface area (TPSA) is 96.7 Å². The molecule has 2 aromatic heterocycles. The molecule has 0 spiro atoms. The molecule has 1 atom stereocenters. The number of hydrogen-bond acceptors (Lipinski definition) is 5. The van der Waals surface area contributed by atoms with Gasteiger partial charge in [-0.05, 0) is 19.8 Å². The van der Waals surface area contributed by atoms with Crippen LogP contribution in [0.1, 0.15) is 49.2 Å². The largest absolute Gasteiger partial charge is 0.345 e. The van der Waals surface area contributed by atoms with Crippen LogP contribution in [0.2, 0.25) is 0 Å². The number of aromatic nitrogens is 4. The molecule has 7 heteroatoms. The molecule has 2 aromatic rings. The zero-order chi connectivity index (χ0) is 15.0. The number of hydrogen-bond donors (Lipinski definition) is 2. The summed E-state index contributed by atoms with van der Waals surface area (Å²) < 4.78 is 4.92. The molecule has 2 heterocycles. The zero-order valence-electron chi connectivity index (χ0n) is 12.4. The number of imidazole rings is 1. The maximum atomic E-state index is 12.3. The van der Waals surface area contributed by atoms with E-state index in [0.717, 1.165) is 30.1 Å². The molecule has 1 aliphatic rings. The Kier molecular flexibility index (Phi) is 3.48. The summed E-state index contributed by atoms with van der Waals surface area (Å²) in [6, 6.07) is 0.163.